The summed E-state index contributed by atoms with van der Waals surface area (Å²) >= 11 is 0. The SMILES string of the molecule is CCCCCCCCCCCCCCCCCCOC(=O)C(O)(O)CCC. The van der Waals surface area contributed by atoms with Crippen LogP contribution in [0.3, 0.4) is 0 Å². The van der Waals surface area contributed by atoms with Crippen molar-refractivity contribution in [2.45, 2.75) is 135 Å². The molecule has 4 heteroatoms. The van der Waals surface area contributed by atoms with Crippen molar-refractivity contribution in [3.05, 3.63) is 0 Å². The third-order valence-corrected chi connectivity index (χ3v) is 5.16. The van der Waals surface area contributed by atoms with Crippen LogP contribution in [0.5, 0.6) is 0 Å². The van der Waals surface area contributed by atoms with Crippen LogP contribution in [0.25, 0.3) is 0 Å². The van der Waals surface area contributed by atoms with Crippen molar-refractivity contribution in [3.8, 4) is 0 Å². The highest BCUT2D eigenvalue weighted by molar-refractivity contribution is 5.77. The Labute approximate surface area is 168 Å². The van der Waals surface area contributed by atoms with E-state index in [1.165, 1.54) is 83.5 Å². The van der Waals surface area contributed by atoms with Gasteiger partial charge in [0.2, 0.25) is 0 Å². The summed E-state index contributed by atoms with van der Waals surface area (Å²) in [7, 11) is 0. The van der Waals surface area contributed by atoms with Gasteiger partial charge in [0, 0.05) is 6.42 Å². The predicted octanol–water partition coefficient (Wildman–Crippen LogP) is 6.27. The summed E-state index contributed by atoms with van der Waals surface area (Å²) in [5.74, 6) is -3.23. The van der Waals surface area contributed by atoms with Gasteiger partial charge in [-0.05, 0) is 6.42 Å². The van der Waals surface area contributed by atoms with E-state index in [4.69, 9.17) is 4.74 Å². The predicted molar refractivity (Wildman–Crippen MR) is 113 cm³/mol. The second-order valence-electron chi connectivity index (χ2n) is 8.01. The number of aliphatic hydroxyl groups is 2. The van der Waals surface area contributed by atoms with E-state index in [1.54, 1.807) is 6.92 Å². The molecule has 0 aromatic carbocycles. The van der Waals surface area contributed by atoms with Gasteiger partial charge < -0.3 is 14.9 Å². The van der Waals surface area contributed by atoms with Crippen molar-refractivity contribution in [1.29, 1.82) is 0 Å². The lowest BCUT2D eigenvalue weighted by Crippen LogP contribution is -2.39. The van der Waals surface area contributed by atoms with E-state index in [1.807, 2.05) is 0 Å². The first-order valence-electron chi connectivity index (χ1n) is 11.7. The summed E-state index contributed by atoms with van der Waals surface area (Å²) in [6, 6.07) is 0. The van der Waals surface area contributed by atoms with Crippen molar-refractivity contribution in [1.82, 2.24) is 0 Å². The van der Waals surface area contributed by atoms with Crippen LogP contribution < -0.4 is 0 Å². The van der Waals surface area contributed by atoms with E-state index in [9.17, 15) is 15.0 Å². The lowest BCUT2D eigenvalue weighted by molar-refractivity contribution is -0.211. The van der Waals surface area contributed by atoms with Crippen molar-refractivity contribution in [2.75, 3.05) is 6.61 Å². The van der Waals surface area contributed by atoms with E-state index in [0.29, 0.717) is 6.42 Å². The van der Waals surface area contributed by atoms with E-state index in [-0.39, 0.29) is 13.0 Å². The number of ether oxygens (including phenoxy) is 1. The molecule has 0 spiro atoms. The summed E-state index contributed by atoms with van der Waals surface area (Å²) in [5.41, 5.74) is 0. The van der Waals surface area contributed by atoms with Gasteiger partial charge in [-0.15, -0.1) is 0 Å². The van der Waals surface area contributed by atoms with E-state index >= 15 is 0 Å². The van der Waals surface area contributed by atoms with Crippen molar-refractivity contribution >= 4 is 5.97 Å². The van der Waals surface area contributed by atoms with Gasteiger partial charge in [-0.3, -0.25) is 0 Å². The minimum absolute atomic E-state index is 0.0186. The fraction of sp³-hybridized carbons (Fsp3) is 0.957. The zero-order valence-corrected chi connectivity index (χ0v) is 18.1. The molecular weight excluding hydrogens is 340 g/mol. The first-order chi connectivity index (χ1) is 13.0. The molecular formula is C23H46O4. The Hall–Kier alpha value is -0.610. The maximum absolute atomic E-state index is 11.5. The molecule has 0 saturated carbocycles. The summed E-state index contributed by atoms with van der Waals surface area (Å²) in [6.45, 7) is 4.35. The van der Waals surface area contributed by atoms with Crippen molar-refractivity contribution in [2.24, 2.45) is 0 Å². The van der Waals surface area contributed by atoms with E-state index in [0.717, 1.165) is 19.3 Å². The van der Waals surface area contributed by atoms with Gasteiger partial charge in [-0.25, -0.2) is 4.79 Å². The second-order valence-corrected chi connectivity index (χ2v) is 8.01. The van der Waals surface area contributed by atoms with Crippen LogP contribution in [0, 0.1) is 0 Å². The average molecular weight is 387 g/mol. The van der Waals surface area contributed by atoms with Crippen LogP contribution in [0.2, 0.25) is 0 Å². The smallest absolute Gasteiger partial charge is 0.366 e. The van der Waals surface area contributed by atoms with Gasteiger partial charge in [0.05, 0.1) is 6.61 Å². The molecule has 0 amide bonds. The number of rotatable bonds is 20. The van der Waals surface area contributed by atoms with Crippen LogP contribution in [-0.2, 0) is 9.53 Å². The molecule has 0 aromatic rings. The first kappa shape index (κ1) is 26.4. The third kappa shape index (κ3) is 17.2. The normalized spacial score (nSPS) is 11.7. The van der Waals surface area contributed by atoms with Crippen molar-refractivity contribution < 1.29 is 19.7 Å². The third-order valence-electron chi connectivity index (χ3n) is 5.16. The van der Waals surface area contributed by atoms with E-state index in [2.05, 4.69) is 6.92 Å². The topological polar surface area (TPSA) is 66.8 Å². The monoisotopic (exact) mass is 386 g/mol. The highest BCUT2D eigenvalue weighted by Crippen LogP contribution is 2.14. The molecule has 0 radical (unpaired) electrons. The molecule has 0 aliphatic rings. The number of hydrogen-bond donors (Lipinski definition) is 2. The Bertz CT molecular complexity index is 328. The quantitative estimate of drug-likeness (QED) is 0.147. The van der Waals surface area contributed by atoms with Gasteiger partial charge in [0.15, 0.2) is 0 Å². The first-order valence-corrected chi connectivity index (χ1v) is 11.7. The molecule has 0 aliphatic heterocycles. The van der Waals surface area contributed by atoms with Crippen LogP contribution in [0.1, 0.15) is 129 Å². The van der Waals surface area contributed by atoms with Gasteiger partial charge >= 0.3 is 5.97 Å². The molecule has 0 bridgehead atoms. The molecule has 0 rings (SSSR count). The average Bonchev–Trinajstić information content (AvgIpc) is 2.64. The number of carbonyl (C=O) groups excluding carboxylic acids is 1. The fourth-order valence-corrected chi connectivity index (χ4v) is 3.38. The molecule has 0 fully saturated rings. The number of esters is 1. The fourth-order valence-electron chi connectivity index (χ4n) is 3.38. The summed E-state index contributed by atoms with van der Waals surface area (Å²) in [5, 5.41) is 19.0. The summed E-state index contributed by atoms with van der Waals surface area (Å²) < 4.78 is 4.94. The Balaban J connectivity index is 3.22. The van der Waals surface area contributed by atoms with Crippen LogP contribution >= 0.6 is 0 Å². The van der Waals surface area contributed by atoms with Gasteiger partial charge in [0.25, 0.3) is 5.79 Å². The second kappa shape index (κ2) is 18.7. The van der Waals surface area contributed by atoms with E-state index < -0.39 is 11.8 Å². The molecule has 4 nitrogen and oxygen atoms in total. The highest BCUT2D eigenvalue weighted by atomic mass is 16.6. The number of carbonyl (C=O) groups is 1. The Morgan fingerprint density at radius 3 is 1.37 bits per heavy atom. The minimum atomic E-state index is -2.32. The Kier molecular flexibility index (Phi) is 18.3. The molecule has 162 valence electrons. The summed E-state index contributed by atoms with van der Waals surface area (Å²) in [4.78, 5) is 11.5. The maximum atomic E-state index is 11.5. The van der Waals surface area contributed by atoms with Crippen LogP contribution in [0.4, 0.5) is 0 Å². The van der Waals surface area contributed by atoms with Crippen molar-refractivity contribution in [3.63, 3.8) is 0 Å². The molecule has 0 unspecified atom stereocenters. The van der Waals surface area contributed by atoms with Gasteiger partial charge in [0.1, 0.15) is 0 Å². The summed E-state index contributed by atoms with van der Waals surface area (Å²) in [6.07, 6.45) is 21.4. The molecule has 2 N–H and O–H groups in total. The standard InChI is InChI=1S/C23H46O4/c1-3-5-6-7-8-9-10-11-12-13-14-15-16-17-18-19-21-27-22(24)23(25,26)20-4-2/h25-26H,3-21H2,1-2H3. The molecule has 0 saturated heterocycles. The molecule has 0 heterocycles. The largest absolute Gasteiger partial charge is 0.462 e. The van der Waals surface area contributed by atoms with Crippen LogP contribution in [-0.4, -0.2) is 28.6 Å². The maximum Gasteiger partial charge on any atom is 0.366 e. The molecule has 0 aromatic heterocycles. The Morgan fingerprint density at radius 2 is 1.00 bits per heavy atom. The number of unbranched alkanes of at least 4 members (excludes halogenated alkanes) is 15. The molecule has 27 heavy (non-hydrogen) atoms. The lowest BCUT2D eigenvalue weighted by Gasteiger charge is -2.18. The molecule has 0 atom stereocenters. The zero-order valence-electron chi connectivity index (χ0n) is 18.1. The minimum Gasteiger partial charge on any atom is -0.462 e. The van der Waals surface area contributed by atoms with Crippen LogP contribution in [0.15, 0.2) is 0 Å². The highest BCUT2D eigenvalue weighted by Gasteiger charge is 2.33. The van der Waals surface area contributed by atoms with Gasteiger partial charge in [-0.1, -0.05) is 117 Å². The lowest BCUT2D eigenvalue weighted by atomic mass is 10.0. The van der Waals surface area contributed by atoms with Gasteiger partial charge in [-0.2, -0.15) is 0 Å². The Morgan fingerprint density at radius 1 is 0.630 bits per heavy atom. The number of hydrogen-bond acceptors (Lipinski definition) is 4. The zero-order chi connectivity index (χ0) is 20.2. The molecule has 0 aliphatic carbocycles.